The Labute approximate surface area is 144 Å². The fourth-order valence-corrected chi connectivity index (χ4v) is 3.36. The van der Waals surface area contributed by atoms with Crippen LogP contribution < -0.4 is 4.90 Å². The van der Waals surface area contributed by atoms with Gasteiger partial charge in [-0.1, -0.05) is 41.2 Å². The molecule has 24 heavy (non-hydrogen) atoms. The summed E-state index contributed by atoms with van der Waals surface area (Å²) in [6, 6.07) is 16.6. The molecule has 0 amide bonds. The maximum absolute atomic E-state index is 4.71. The number of anilines is 1. The minimum Gasteiger partial charge on any atom is -0.378 e. The first-order valence-electron chi connectivity index (χ1n) is 7.69. The summed E-state index contributed by atoms with van der Waals surface area (Å²) >= 11 is 1.55. The van der Waals surface area contributed by atoms with Gasteiger partial charge in [0.2, 0.25) is 4.96 Å². The summed E-state index contributed by atoms with van der Waals surface area (Å²) in [5.74, 6) is 0.775. The molecule has 0 fully saturated rings. The third-order valence-electron chi connectivity index (χ3n) is 3.93. The van der Waals surface area contributed by atoms with Gasteiger partial charge in [0.1, 0.15) is 5.01 Å². The van der Waals surface area contributed by atoms with Crippen molar-refractivity contribution in [2.24, 2.45) is 0 Å². The Bertz CT molecular complexity index is 981. The van der Waals surface area contributed by atoms with E-state index in [1.165, 1.54) is 11.3 Å². The van der Waals surface area contributed by atoms with E-state index in [0.717, 1.165) is 26.9 Å². The first kappa shape index (κ1) is 14.8. The Hall–Kier alpha value is -2.73. The van der Waals surface area contributed by atoms with E-state index in [4.69, 9.17) is 5.10 Å². The Morgan fingerprint density at radius 2 is 1.54 bits per heavy atom. The molecule has 4 aromatic rings. The van der Waals surface area contributed by atoms with Crippen LogP contribution in [0.1, 0.15) is 5.56 Å². The molecule has 0 saturated carbocycles. The molecule has 0 aliphatic rings. The van der Waals surface area contributed by atoms with Gasteiger partial charge < -0.3 is 4.90 Å². The van der Waals surface area contributed by atoms with Gasteiger partial charge in [0, 0.05) is 30.9 Å². The van der Waals surface area contributed by atoms with Crippen LogP contribution in [0.4, 0.5) is 5.69 Å². The summed E-state index contributed by atoms with van der Waals surface area (Å²) < 4.78 is 1.82. The SMILES string of the molecule is Cc1ccc(-c2nnc3sc(-c4ccc(N(C)C)cc4)nn23)cc1. The van der Waals surface area contributed by atoms with Crippen LogP contribution in [0.25, 0.3) is 26.9 Å². The van der Waals surface area contributed by atoms with Gasteiger partial charge in [-0.3, -0.25) is 0 Å². The van der Waals surface area contributed by atoms with Crippen LogP contribution >= 0.6 is 11.3 Å². The van der Waals surface area contributed by atoms with Gasteiger partial charge in [-0.2, -0.15) is 9.61 Å². The van der Waals surface area contributed by atoms with Crippen LogP contribution in [-0.2, 0) is 0 Å². The van der Waals surface area contributed by atoms with E-state index in [2.05, 4.69) is 70.6 Å². The van der Waals surface area contributed by atoms with Crippen molar-refractivity contribution in [3.63, 3.8) is 0 Å². The number of benzene rings is 2. The number of aromatic nitrogens is 4. The minimum atomic E-state index is 0.775. The molecule has 0 N–H and O–H groups in total. The van der Waals surface area contributed by atoms with Gasteiger partial charge in [-0.25, -0.2) is 0 Å². The Balaban J connectivity index is 1.75. The van der Waals surface area contributed by atoms with Gasteiger partial charge in [0.25, 0.3) is 0 Å². The fourth-order valence-electron chi connectivity index (χ4n) is 2.52. The number of hydrogen-bond donors (Lipinski definition) is 0. The van der Waals surface area contributed by atoms with Crippen LogP contribution in [-0.4, -0.2) is 33.9 Å². The third kappa shape index (κ3) is 2.55. The average molecular weight is 335 g/mol. The summed E-state index contributed by atoms with van der Waals surface area (Å²) in [5.41, 5.74) is 4.50. The second-order valence-electron chi connectivity index (χ2n) is 5.93. The predicted octanol–water partition coefficient (Wildman–Crippen LogP) is 3.89. The van der Waals surface area contributed by atoms with Gasteiger partial charge in [0.15, 0.2) is 5.82 Å². The zero-order valence-electron chi connectivity index (χ0n) is 13.8. The van der Waals surface area contributed by atoms with E-state index in [1.54, 1.807) is 11.3 Å². The van der Waals surface area contributed by atoms with Gasteiger partial charge in [0.05, 0.1) is 0 Å². The Kier molecular flexibility index (Phi) is 3.54. The maximum Gasteiger partial charge on any atom is 0.235 e. The molecule has 2 aromatic heterocycles. The average Bonchev–Trinajstić information content (AvgIpc) is 3.16. The van der Waals surface area contributed by atoms with Gasteiger partial charge in [-0.15, -0.1) is 10.2 Å². The highest BCUT2D eigenvalue weighted by Crippen LogP contribution is 2.29. The van der Waals surface area contributed by atoms with E-state index in [9.17, 15) is 0 Å². The maximum atomic E-state index is 4.71. The minimum absolute atomic E-state index is 0.775. The predicted molar refractivity (Wildman–Crippen MR) is 98.6 cm³/mol. The van der Waals surface area contributed by atoms with Crippen LogP contribution in [0.5, 0.6) is 0 Å². The Morgan fingerprint density at radius 1 is 0.875 bits per heavy atom. The zero-order chi connectivity index (χ0) is 16.7. The molecule has 120 valence electrons. The summed E-state index contributed by atoms with van der Waals surface area (Å²) in [5, 5.41) is 14.2. The quantitative estimate of drug-likeness (QED) is 0.570. The van der Waals surface area contributed by atoms with E-state index in [-0.39, 0.29) is 0 Å². The van der Waals surface area contributed by atoms with Crippen molar-refractivity contribution in [2.45, 2.75) is 6.92 Å². The van der Waals surface area contributed by atoms with Crippen molar-refractivity contribution in [3.8, 4) is 22.0 Å². The van der Waals surface area contributed by atoms with Crippen LogP contribution in [0, 0.1) is 6.92 Å². The van der Waals surface area contributed by atoms with Crippen LogP contribution in [0.2, 0.25) is 0 Å². The normalized spacial score (nSPS) is 11.1. The lowest BCUT2D eigenvalue weighted by atomic mass is 10.1. The highest BCUT2D eigenvalue weighted by Gasteiger charge is 2.14. The summed E-state index contributed by atoms with van der Waals surface area (Å²) in [7, 11) is 4.07. The summed E-state index contributed by atoms with van der Waals surface area (Å²) in [4.78, 5) is 2.88. The third-order valence-corrected chi connectivity index (χ3v) is 4.88. The van der Waals surface area contributed by atoms with E-state index < -0.39 is 0 Å². The molecule has 0 bridgehead atoms. The van der Waals surface area contributed by atoms with E-state index in [1.807, 2.05) is 18.6 Å². The monoisotopic (exact) mass is 335 g/mol. The second-order valence-corrected chi connectivity index (χ2v) is 6.89. The number of fused-ring (bicyclic) bond motifs is 1. The molecule has 5 nitrogen and oxygen atoms in total. The van der Waals surface area contributed by atoms with Crippen molar-refractivity contribution < 1.29 is 0 Å². The number of rotatable bonds is 3. The van der Waals surface area contributed by atoms with Crippen molar-refractivity contribution in [1.29, 1.82) is 0 Å². The largest absolute Gasteiger partial charge is 0.378 e. The molecular formula is C18H17N5S. The molecule has 0 spiro atoms. The molecule has 6 heteroatoms. The zero-order valence-corrected chi connectivity index (χ0v) is 14.6. The highest BCUT2D eigenvalue weighted by molar-refractivity contribution is 7.19. The molecule has 0 aliphatic heterocycles. The van der Waals surface area contributed by atoms with Crippen molar-refractivity contribution in [3.05, 3.63) is 54.1 Å². The smallest absolute Gasteiger partial charge is 0.235 e. The van der Waals surface area contributed by atoms with E-state index >= 15 is 0 Å². The van der Waals surface area contributed by atoms with E-state index in [0.29, 0.717) is 0 Å². The fraction of sp³-hybridized carbons (Fsp3) is 0.167. The number of nitrogens with zero attached hydrogens (tertiary/aromatic N) is 5. The Morgan fingerprint density at radius 3 is 2.21 bits per heavy atom. The highest BCUT2D eigenvalue weighted by atomic mass is 32.1. The molecule has 2 heterocycles. The number of hydrogen-bond acceptors (Lipinski definition) is 5. The van der Waals surface area contributed by atoms with Gasteiger partial charge in [-0.05, 0) is 31.2 Å². The lowest BCUT2D eigenvalue weighted by molar-refractivity contribution is 0.970. The lowest BCUT2D eigenvalue weighted by Crippen LogP contribution is -2.07. The molecule has 2 aromatic carbocycles. The topological polar surface area (TPSA) is 46.3 Å². The first-order chi connectivity index (χ1) is 11.6. The van der Waals surface area contributed by atoms with Crippen LogP contribution in [0.3, 0.4) is 0 Å². The van der Waals surface area contributed by atoms with Crippen molar-refractivity contribution in [2.75, 3.05) is 19.0 Å². The molecule has 4 rings (SSSR count). The second kappa shape index (κ2) is 5.72. The molecule has 0 saturated heterocycles. The molecule has 0 radical (unpaired) electrons. The van der Waals surface area contributed by atoms with Crippen LogP contribution in [0.15, 0.2) is 48.5 Å². The molecule has 0 unspecified atom stereocenters. The summed E-state index contributed by atoms with van der Waals surface area (Å²) in [6.07, 6.45) is 0. The molecule has 0 aliphatic carbocycles. The first-order valence-corrected chi connectivity index (χ1v) is 8.50. The lowest BCUT2D eigenvalue weighted by Gasteiger charge is -2.11. The standard InChI is InChI=1S/C18H17N5S/c1-12-4-6-13(7-5-12)16-19-20-18-23(16)21-17(24-18)14-8-10-15(11-9-14)22(2)3/h4-11H,1-3H3. The molecule has 0 atom stereocenters. The van der Waals surface area contributed by atoms with Crippen molar-refractivity contribution in [1.82, 2.24) is 19.8 Å². The van der Waals surface area contributed by atoms with Crippen molar-refractivity contribution >= 4 is 22.0 Å². The molecular weight excluding hydrogens is 318 g/mol. The number of aryl methyl sites for hydroxylation is 1. The van der Waals surface area contributed by atoms with Gasteiger partial charge >= 0.3 is 0 Å². The summed E-state index contributed by atoms with van der Waals surface area (Å²) in [6.45, 7) is 2.07.